The monoisotopic (exact) mass is 400 g/mol. The van der Waals surface area contributed by atoms with E-state index in [0.717, 1.165) is 37.1 Å². The summed E-state index contributed by atoms with van der Waals surface area (Å²) >= 11 is 0. The van der Waals surface area contributed by atoms with Gasteiger partial charge < -0.3 is 14.6 Å². The average Bonchev–Trinajstić information content (AvgIpc) is 2.92. The molecule has 0 bridgehead atoms. The first kappa shape index (κ1) is 18.6. The van der Waals surface area contributed by atoms with Gasteiger partial charge in [0.2, 0.25) is 0 Å². The van der Waals surface area contributed by atoms with Gasteiger partial charge >= 0.3 is 0 Å². The topological polar surface area (TPSA) is 61.1 Å². The van der Waals surface area contributed by atoms with Gasteiger partial charge in [-0.25, -0.2) is 4.98 Å². The normalized spacial score (nSPS) is 13.8. The fourth-order valence-corrected chi connectivity index (χ4v) is 4.17. The molecule has 1 aromatic carbocycles. The van der Waals surface area contributed by atoms with E-state index in [9.17, 15) is 4.79 Å². The molecule has 4 heterocycles. The summed E-state index contributed by atoms with van der Waals surface area (Å²) in [7, 11) is 2.06. The molecule has 0 saturated heterocycles. The average molecular weight is 400 g/mol. The molecule has 6 nitrogen and oxygen atoms in total. The van der Waals surface area contributed by atoms with Gasteiger partial charge in [0, 0.05) is 43.4 Å². The van der Waals surface area contributed by atoms with Gasteiger partial charge in [-0.1, -0.05) is 30.3 Å². The molecule has 0 radical (unpaired) electrons. The predicted molar refractivity (Wildman–Crippen MR) is 117 cm³/mol. The number of pyridine rings is 2. The summed E-state index contributed by atoms with van der Waals surface area (Å²) in [5, 5.41) is 4.63. The number of ether oxygens (including phenoxy) is 1. The molecule has 5 rings (SSSR count). The molecule has 0 aliphatic carbocycles. The van der Waals surface area contributed by atoms with Crippen molar-refractivity contribution in [3.8, 4) is 11.6 Å². The summed E-state index contributed by atoms with van der Waals surface area (Å²) in [6, 6.07) is 17.2. The van der Waals surface area contributed by atoms with E-state index in [4.69, 9.17) is 9.72 Å². The third-order valence-electron chi connectivity index (χ3n) is 5.73. The lowest BCUT2D eigenvalue weighted by Crippen LogP contribution is -2.18. The third kappa shape index (κ3) is 3.39. The first-order valence-corrected chi connectivity index (χ1v) is 10.3. The number of hydrogen-bond donors (Lipinski definition) is 1. The van der Waals surface area contributed by atoms with Crippen molar-refractivity contribution in [1.29, 1.82) is 0 Å². The van der Waals surface area contributed by atoms with E-state index in [1.807, 2.05) is 42.5 Å². The molecule has 152 valence electrons. The van der Waals surface area contributed by atoms with Gasteiger partial charge in [-0.05, 0) is 42.3 Å². The fraction of sp³-hybridized carbons (Fsp3) is 0.250. The van der Waals surface area contributed by atoms with E-state index in [0.29, 0.717) is 18.2 Å². The molecule has 0 atom stereocenters. The summed E-state index contributed by atoms with van der Waals surface area (Å²) in [6.07, 6.45) is 3.72. The Hall–Kier alpha value is -3.38. The van der Waals surface area contributed by atoms with Crippen LogP contribution in [0, 0.1) is 0 Å². The van der Waals surface area contributed by atoms with Crippen LogP contribution >= 0.6 is 0 Å². The Balaban J connectivity index is 1.45. The van der Waals surface area contributed by atoms with E-state index in [2.05, 4.69) is 23.0 Å². The van der Waals surface area contributed by atoms with E-state index in [1.54, 1.807) is 10.8 Å². The van der Waals surface area contributed by atoms with Crippen molar-refractivity contribution < 1.29 is 4.74 Å². The summed E-state index contributed by atoms with van der Waals surface area (Å²) in [6.45, 7) is 2.39. The van der Waals surface area contributed by atoms with Crippen LogP contribution in [0.15, 0.2) is 65.6 Å². The molecular weight excluding hydrogens is 376 g/mol. The van der Waals surface area contributed by atoms with Gasteiger partial charge in [-0.2, -0.15) is 0 Å². The Morgan fingerprint density at radius 1 is 1.07 bits per heavy atom. The van der Waals surface area contributed by atoms with Crippen LogP contribution in [0.4, 0.5) is 0 Å². The highest BCUT2D eigenvalue weighted by molar-refractivity contribution is 5.83. The molecule has 30 heavy (non-hydrogen) atoms. The number of fused-ring (bicyclic) bond motifs is 3. The van der Waals surface area contributed by atoms with Crippen molar-refractivity contribution in [2.24, 2.45) is 7.05 Å². The standard InChI is InChI=1S/C24H24N4O2/c1-27-21-10-13-25-12-9-19(21)20-7-8-22(26-24(20)27)28-14-11-18(15-23(28)29)30-16-17-5-3-2-4-6-17/h2-8,11,14-15,25H,9-10,12-13,16H2,1H3. The molecule has 3 aromatic heterocycles. The number of nitrogens with one attached hydrogen (secondary N) is 1. The van der Waals surface area contributed by atoms with Crippen LogP contribution in [0.3, 0.4) is 0 Å². The van der Waals surface area contributed by atoms with Crippen molar-refractivity contribution >= 4 is 11.0 Å². The molecule has 0 spiro atoms. The summed E-state index contributed by atoms with van der Waals surface area (Å²) in [5.74, 6) is 1.18. The van der Waals surface area contributed by atoms with E-state index >= 15 is 0 Å². The molecule has 0 saturated carbocycles. The highest BCUT2D eigenvalue weighted by atomic mass is 16.5. The minimum Gasteiger partial charge on any atom is -0.489 e. The molecule has 4 aromatic rings. The molecule has 0 unspecified atom stereocenters. The zero-order chi connectivity index (χ0) is 20.5. The Bertz CT molecular complexity index is 1260. The first-order valence-electron chi connectivity index (χ1n) is 10.3. The van der Waals surface area contributed by atoms with Crippen LogP contribution in [-0.4, -0.2) is 27.2 Å². The molecule has 6 heteroatoms. The maximum Gasteiger partial charge on any atom is 0.259 e. The van der Waals surface area contributed by atoms with Crippen LogP contribution in [0.25, 0.3) is 16.9 Å². The van der Waals surface area contributed by atoms with Crippen LogP contribution in [-0.2, 0) is 26.5 Å². The number of aryl methyl sites for hydroxylation is 1. The van der Waals surface area contributed by atoms with Gasteiger partial charge in [0.25, 0.3) is 5.56 Å². The van der Waals surface area contributed by atoms with Crippen LogP contribution in [0.2, 0.25) is 0 Å². The van der Waals surface area contributed by atoms with Gasteiger partial charge in [0.1, 0.15) is 23.8 Å². The number of rotatable bonds is 4. The van der Waals surface area contributed by atoms with Crippen molar-refractivity contribution in [1.82, 2.24) is 19.4 Å². The second kappa shape index (κ2) is 7.80. The predicted octanol–water partition coefficient (Wildman–Crippen LogP) is 2.99. The van der Waals surface area contributed by atoms with E-state index in [-0.39, 0.29) is 5.56 Å². The second-order valence-corrected chi connectivity index (χ2v) is 7.62. The van der Waals surface area contributed by atoms with Gasteiger partial charge in [-0.15, -0.1) is 0 Å². The second-order valence-electron chi connectivity index (χ2n) is 7.62. The van der Waals surface area contributed by atoms with Gasteiger partial charge in [0.15, 0.2) is 0 Å². The Labute approximate surface area is 174 Å². The molecular formula is C24H24N4O2. The Kier molecular flexibility index (Phi) is 4.85. The van der Waals surface area contributed by atoms with Crippen molar-refractivity contribution in [3.05, 3.63) is 88.0 Å². The maximum absolute atomic E-state index is 12.7. The van der Waals surface area contributed by atoms with E-state index in [1.165, 1.54) is 22.7 Å². The largest absolute Gasteiger partial charge is 0.489 e. The summed E-state index contributed by atoms with van der Waals surface area (Å²) in [4.78, 5) is 17.6. The SMILES string of the molecule is Cn1c2c(c3ccc(-n4ccc(OCc5ccccc5)cc4=O)nc31)CCNCC2. The van der Waals surface area contributed by atoms with E-state index < -0.39 is 0 Å². The molecule has 1 aliphatic rings. The highest BCUT2D eigenvalue weighted by Gasteiger charge is 2.18. The summed E-state index contributed by atoms with van der Waals surface area (Å²) < 4.78 is 9.51. The fourth-order valence-electron chi connectivity index (χ4n) is 4.17. The molecule has 0 fully saturated rings. The summed E-state index contributed by atoms with van der Waals surface area (Å²) in [5.41, 5.74) is 4.53. The van der Waals surface area contributed by atoms with Crippen molar-refractivity contribution in [2.75, 3.05) is 13.1 Å². The van der Waals surface area contributed by atoms with Crippen LogP contribution in [0.5, 0.6) is 5.75 Å². The van der Waals surface area contributed by atoms with Gasteiger partial charge in [0.05, 0.1) is 0 Å². The smallest absolute Gasteiger partial charge is 0.259 e. The van der Waals surface area contributed by atoms with Gasteiger partial charge in [-0.3, -0.25) is 9.36 Å². The highest BCUT2D eigenvalue weighted by Crippen LogP contribution is 2.27. The zero-order valence-corrected chi connectivity index (χ0v) is 17.0. The minimum absolute atomic E-state index is 0.160. The Morgan fingerprint density at radius 3 is 2.73 bits per heavy atom. The zero-order valence-electron chi connectivity index (χ0n) is 17.0. The number of nitrogens with zero attached hydrogens (tertiary/aromatic N) is 3. The molecule has 1 aliphatic heterocycles. The lowest BCUT2D eigenvalue weighted by Gasteiger charge is -2.09. The van der Waals surface area contributed by atoms with Crippen LogP contribution < -0.4 is 15.6 Å². The first-order chi connectivity index (χ1) is 14.7. The Morgan fingerprint density at radius 2 is 1.90 bits per heavy atom. The third-order valence-corrected chi connectivity index (χ3v) is 5.73. The minimum atomic E-state index is -0.160. The number of hydrogen-bond acceptors (Lipinski definition) is 4. The molecule has 0 amide bonds. The lowest BCUT2D eigenvalue weighted by atomic mass is 10.1. The quantitative estimate of drug-likeness (QED) is 0.572. The van der Waals surface area contributed by atoms with Crippen LogP contribution in [0.1, 0.15) is 16.8 Å². The van der Waals surface area contributed by atoms with Crippen molar-refractivity contribution in [2.45, 2.75) is 19.4 Å². The number of benzene rings is 1. The molecule has 1 N–H and O–H groups in total. The maximum atomic E-state index is 12.7. The lowest BCUT2D eigenvalue weighted by molar-refractivity contribution is 0.305. The number of aromatic nitrogens is 3. The van der Waals surface area contributed by atoms with Crippen molar-refractivity contribution in [3.63, 3.8) is 0 Å².